The maximum absolute atomic E-state index is 5.52. The standard InChI is InChI=1S/C68H48N4/c1-69-60-27-12-10-23-56(60)68(47-32-30-45(31-33-47)44-16-4-2-5-17-44)70-43-71-61-38-37-49(42-59(61)66-53-22-9-8-18-46(53)36-39-63(66)71)48-34-35-50-40-51-19-14-25-54(65(51)58(50)41-48)55-26-15-29-64-67(55)57-24-11-13-28-62(57)72(64)52-20-6-3-7-21-52/h2,4-6,8-39,41-42H,1,3,7,40,43H2. The number of benzene rings is 10. The molecule has 0 bridgehead atoms. The van der Waals surface area contributed by atoms with Gasteiger partial charge in [-0.05, 0) is 141 Å². The summed E-state index contributed by atoms with van der Waals surface area (Å²) in [6.45, 7) is 4.36. The number of fused-ring (bicyclic) bond motifs is 11. The zero-order valence-electron chi connectivity index (χ0n) is 39.8. The average molecular weight is 921 g/mol. The first-order valence-corrected chi connectivity index (χ1v) is 25.0. The Morgan fingerprint density at radius 2 is 1.21 bits per heavy atom. The SMILES string of the molecule is C=Nc1ccccc1C(=NCn1c2ccc(-c3ccc4c(c3)-c3c(cccc3-c3cccc5c3c3ccccc3n5C3=CCCC=C3)C4)cc2c2c3ccccc3ccc21)c1ccc(-c2ccccc2)cc1. The van der Waals surface area contributed by atoms with Crippen LogP contribution in [0.3, 0.4) is 0 Å². The number of rotatable bonds is 9. The van der Waals surface area contributed by atoms with Gasteiger partial charge in [0.25, 0.3) is 0 Å². The summed E-state index contributed by atoms with van der Waals surface area (Å²) < 4.78 is 4.85. The van der Waals surface area contributed by atoms with Crippen LogP contribution in [0.2, 0.25) is 0 Å². The summed E-state index contributed by atoms with van der Waals surface area (Å²) in [6, 6.07) is 77.6. The van der Waals surface area contributed by atoms with E-state index >= 15 is 0 Å². The maximum atomic E-state index is 5.52. The molecule has 2 aliphatic rings. The van der Waals surface area contributed by atoms with Gasteiger partial charge in [0.2, 0.25) is 0 Å². The van der Waals surface area contributed by atoms with Gasteiger partial charge >= 0.3 is 0 Å². The number of aromatic nitrogens is 2. The summed E-state index contributed by atoms with van der Waals surface area (Å²) in [5.74, 6) is 0. The molecule has 2 aromatic heterocycles. The van der Waals surface area contributed by atoms with Crippen molar-refractivity contribution in [2.24, 2.45) is 9.98 Å². The van der Waals surface area contributed by atoms with Crippen molar-refractivity contribution in [2.45, 2.75) is 25.9 Å². The molecule has 12 aromatic rings. The maximum Gasteiger partial charge on any atom is 0.115 e. The van der Waals surface area contributed by atoms with E-state index in [4.69, 9.17) is 4.99 Å². The monoisotopic (exact) mass is 920 g/mol. The lowest BCUT2D eigenvalue weighted by atomic mass is 9.90. The van der Waals surface area contributed by atoms with Crippen molar-refractivity contribution < 1.29 is 0 Å². The molecular weight excluding hydrogens is 873 g/mol. The van der Waals surface area contributed by atoms with Crippen LogP contribution in [0.15, 0.2) is 241 Å². The molecule has 0 radical (unpaired) electrons. The van der Waals surface area contributed by atoms with Crippen molar-refractivity contribution in [3.05, 3.63) is 253 Å². The molecule has 10 aromatic carbocycles. The fourth-order valence-corrected chi connectivity index (χ4v) is 11.9. The normalized spacial score (nSPS) is 13.3. The van der Waals surface area contributed by atoms with Crippen LogP contribution in [-0.2, 0) is 13.1 Å². The van der Waals surface area contributed by atoms with E-state index in [-0.39, 0.29) is 0 Å². The molecule has 0 fully saturated rings. The van der Waals surface area contributed by atoms with Gasteiger partial charge in [0.05, 0.1) is 33.5 Å². The molecule has 0 aliphatic heterocycles. The van der Waals surface area contributed by atoms with Gasteiger partial charge in [-0.2, -0.15) is 0 Å². The van der Waals surface area contributed by atoms with Crippen molar-refractivity contribution in [1.82, 2.24) is 9.13 Å². The van der Waals surface area contributed by atoms with Crippen molar-refractivity contribution in [1.29, 1.82) is 0 Å². The Bertz CT molecular complexity index is 4270. The second kappa shape index (κ2) is 17.1. The Hall–Kier alpha value is -9.12. The van der Waals surface area contributed by atoms with Gasteiger partial charge in [-0.1, -0.05) is 182 Å². The van der Waals surface area contributed by atoms with Crippen molar-refractivity contribution in [2.75, 3.05) is 0 Å². The third-order valence-corrected chi connectivity index (χ3v) is 15.2. The number of allylic oxidation sites excluding steroid dienone is 4. The second-order valence-corrected chi connectivity index (χ2v) is 19.2. The number of para-hydroxylation sites is 2. The Kier molecular flexibility index (Phi) is 9.92. The van der Waals surface area contributed by atoms with Crippen LogP contribution in [0.5, 0.6) is 0 Å². The van der Waals surface area contributed by atoms with E-state index in [0.29, 0.717) is 6.67 Å². The van der Waals surface area contributed by atoms with Crippen LogP contribution in [0.25, 0.3) is 105 Å². The number of hydrogen-bond donors (Lipinski definition) is 0. The third kappa shape index (κ3) is 6.75. The highest BCUT2D eigenvalue weighted by molar-refractivity contribution is 6.22. The van der Waals surface area contributed by atoms with Crippen molar-refractivity contribution in [3.8, 4) is 44.5 Å². The van der Waals surface area contributed by atoms with E-state index in [1.54, 1.807) is 0 Å². The summed E-state index contributed by atoms with van der Waals surface area (Å²) in [7, 11) is 0. The largest absolute Gasteiger partial charge is 0.320 e. The Morgan fingerprint density at radius 3 is 2.08 bits per heavy atom. The highest BCUT2D eigenvalue weighted by Gasteiger charge is 2.26. The summed E-state index contributed by atoms with van der Waals surface area (Å²) in [5.41, 5.74) is 22.4. The molecule has 0 atom stereocenters. The van der Waals surface area contributed by atoms with Gasteiger partial charge in [-0.25, -0.2) is 0 Å². The topological polar surface area (TPSA) is 34.6 Å². The summed E-state index contributed by atoms with van der Waals surface area (Å²) in [6.07, 6.45) is 10.0. The van der Waals surface area contributed by atoms with E-state index < -0.39 is 0 Å². The van der Waals surface area contributed by atoms with E-state index in [9.17, 15) is 0 Å². The minimum Gasteiger partial charge on any atom is -0.320 e. The van der Waals surface area contributed by atoms with Gasteiger partial charge in [0.1, 0.15) is 6.67 Å². The summed E-state index contributed by atoms with van der Waals surface area (Å²) in [5, 5.41) is 7.49. The first-order valence-electron chi connectivity index (χ1n) is 25.0. The molecular formula is C68H48N4. The Labute approximate surface area is 418 Å². The molecule has 0 saturated heterocycles. The lowest BCUT2D eigenvalue weighted by molar-refractivity contribution is 0.793. The van der Waals surface area contributed by atoms with E-state index in [0.717, 1.165) is 58.4 Å². The summed E-state index contributed by atoms with van der Waals surface area (Å²) in [4.78, 5) is 9.97. The summed E-state index contributed by atoms with van der Waals surface area (Å²) >= 11 is 0. The highest BCUT2D eigenvalue weighted by Crippen LogP contribution is 2.48. The Balaban J connectivity index is 0.903. The molecule has 0 saturated carbocycles. The first-order chi connectivity index (χ1) is 35.7. The average Bonchev–Trinajstić information content (AvgIpc) is 4.11. The fraction of sp³-hybridized carbons (Fsp3) is 0.0588. The van der Waals surface area contributed by atoms with Gasteiger partial charge in [-0.3, -0.25) is 9.98 Å². The molecule has 0 spiro atoms. The van der Waals surface area contributed by atoms with Gasteiger partial charge in [0, 0.05) is 38.4 Å². The minimum absolute atomic E-state index is 0.414. The molecule has 0 N–H and O–H groups in total. The van der Waals surface area contributed by atoms with Gasteiger partial charge in [0.15, 0.2) is 0 Å². The molecule has 72 heavy (non-hydrogen) atoms. The zero-order valence-corrected chi connectivity index (χ0v) is 39.8. The number of aliphatic imine (C=N–C) groups is 2. The molecule has 0 amide bonds. The molecule has 0 unspecified atom stereocenters. The molecule has 340 valence electrons. The smallest absolute Gasteiger partial charge is 0.115 e. The van der Waals surface area contributed by atoms with E-state index in [1.165, 1.54) is 99.1 Å². The quantitative estimate of drug-likeness (QED) is 0.129. The minimum atomic E-state index is 0.414. The van der Waals surface area contributed by atoms with Crippen LogP contribution in [-0.4, -0.2) is 21.6 Å². The van der Waals surface area contributed by atoms with Gasteiger partial charge in [-0.15, -0.1) is 0 Å². The third-order valence-electron chi connectivity index (χ3n) is 15.2. The lowest BCUT2D eigenvalue weighted by Crippen LogP contribution is -2.07. The van der Waals surface area contributed by atoms with Crippen LogP contribution in [0.1, 0.15) is 35.1 Å². The molecule has 4 nitrogen and oxygen atoms in total. The van der Waals surface area contributed by atoms with Crippen LogP contribution >= 0.6 is 0 Å². The van der Waals surface area contributed by atoms with Crippen molar-refractivity contribution in [3.63, 3.8) is 0 Å². The second-order valence-electron chi connectivity index (χ2n) is 19.2. The molecule has 2 aliphatic carbocycles. The van der Waals surface area contributed by atoms with Crippen LogP contribution in [0.4, 0.5) is 5.69 Å². The first kappa shape index (κ1) is 41.8. The number of nitrogens with zero attached hydrogens (tertiary/aromatic N) is 4. The molecule has 14 rings (SSSR count). The van der Waals surface area contributed by atoms with Gasteiger partial charge < -0.3 is 9.13 Å². The van der Waals surface area contributed by atoms with E-state index in [1.807, 2.05) is 12.1 Å². The van der Waals surface area contributed by atoms with Crippen molar-refractivity contribution >= 4 is 78.2 Å². The zero-order chi connectivity index (χ0) is 47.7. The van der Waals surface area contributed by atoms with Crippen LogP contribution in [0, 0.1) is 0 Å². The number of hydrogen-bond acceptors (Lipinski definition) is 2. The predicted molar refractivity (Wildman–Crippen MR) is 305 cm³/mol. The van der Waals surface area contributed by atoms with Crippen LogP contribution < -0.4 is 0 Å². The predicted octanol–water partition coefficient (Wildman–Crippen LogP) is 17.6. The van der Waals surface area contributed by atoms with E-state index in [2.05, 4.69) is 239 Å². The fourth-order valence-electron chi connectivity index (χ4n) is 11.9. The lowest BCUT2D eigenvalue weighted by Gasteiger charge is -2.14. The molecule has 2 heterocycles. The highest BCUT2D eigenvalue weighted by atomic mass is 15.1. The Morgan fingerprint density at radius 1 is 0.486 bits per heavy atom. The molecule has 4 heteroatoms.